The van der Waals surface area contributed by atoms with Gasteiger partial charge in [-0.2, -0.15) is 0 Å². The van der Waals surface area contributed by atoms with Crippen LogP contribution in [0.4, 0.5) is 10.5 Å². The van der Waals surface area contributed by atoms with Crippen molar-refractivity contribution in [3.8, 4) is 0 Å². The lowest BCUT2D eigenvalue weighted by Crippen LogP contribution is -2.37. The zero-order valence-corrected chi connectivity index (χ0v) is 12.5. The Bertz CT molecular complexity index is 592. The fraction of sp³-hybridized carbons (Fsp3) is 0.353. The van der Waals surface area contributed by atoms with Crippen LogP contribution < -0.4 is 11.1 Å². The highest BCUT2D eigenvalue weighted by Gasteiger charge is 2.13. The second-order valence-corrected chi connectivity index (χ2v) is 5.09. The minimum Gasteiger partial charge on any atom is -0.330 e. The molecule has 0 radical (unpaired) electrons. The smallest absolute Gasteiger partial charge is 0.321 e. The summed E-state index contributed by atoms with van der Waals surface area (Å²) in [6.45, 7) is 4.11. The van der Waals surface area contributed by atoms with E-state index in [1.54, 1.807) is 0 Å². The summed E-state index contributed by atoms with van der Waals surface area (Å²) in [5.74, 6) is 0. The van der Waals surface area contributed by atoms with Crippen molar-refractivity contribution in [2.75, 3.05) is 25.0 Å². The number of rotatable bonds is 6. The molecule has 3 N–H and O–H groups in total. The van der Waals surface area contributed by atoms with Crippen LogP contribution in [0.1, 0.15) is 19.8 Å². The minimum atomic E-state index is -0.0540. The van der Waals surface area contributed by atoms with Crippen molar-refractivity contribution < 1.29 is 4.79 Å². The molecule has 0 atom stereocenters. The van der Waals surface area contributed by atoms with Gasteiger partial charge in [0.25, 0.3) is 0 Å². The Labute approximate surface area is 125 Å². The molecule has 0 saturated heterocycles. The summed E-state index contributed by atoms with van der Waals surface area (Å²) in [6.07, 6.45) is 1.76. The Morgan fingerprint density at radius 2 is 1.90 bits per heavy atom. The third-order valence-electron chi connectivity index (χ3n) is 3.44. The maximum Gasteiger partial charge on any atom is 0.321 e. The monoisotopic (exact) mass is 285 g/mol. The highest BCUT2D eigenvalue weighted by molar-refractivity contribution is 6.01. The van der Waals surface area contributed by atoms with Crippen LogP contribution in [0.2, 0.25) is 0 Å². The number of amides is 2. The number of hydrogen-bond donors (Lipinski definition) is 2. The largest absolute Gasteiger partial charge is 0.330 e. The molecule has 0 unspecified atom stereocenters. The van der Waals surface area contributed by atoms with Crippen molar-refractivity contribution in [2.45, 2.75) is 19.8 Å². The lowest BCUT2D eigenvalue weighted by molar-refractivity contribution is 0.211. The SMILES string of the molecule is CCCN(CCCN)C(=O)Nc1cccc2ccccc12. The van der Waals surface area contributed by atoms with Gasteiger partial charge in [0.1, 0.15) is 0 Å². The summed E-state index contributed by atoms with van der Waals surface area (Å²) < 4.78 is 0. The van der Waals surface area contributed by atoms with E-state index in [0.29, 0.717) is 13.1 Å². The molecule has 0 saturated carbocycles. The second kappa shape index (κ2) is 7.64. The predicted molar refractivity (Wildman–Crippen MR) is 88.5 cm³/mol. The topological polar surface area (TPSA) is 58.4 Å². The van der Waals surface area contributed by atoms with Gasteiger partial charge in [-0.3, -0.25) is 0 Å². The average Bonchev–Trinajstić information content (AvgIpc) is 2.51. The van der Waals surface area contributed by atoms with Crippen molar-refractivity contribution in [1.82, 2.24) is 4.90 Å². The van der Waals surface area contributed by atoms with Crippen LogP contribution in [0.3, 0.4) is 0 Å². The first-order valence-electron chi connectivity index (χ1n) is 7.50. The fourth-order valence-electron chi connectivity index (χ4n) is 2.40. The summed E-state index contributed by atoms with van der Waals surface area (Å²) in [4.78, 5) is 14.3. The number of nitrogens with zero attached hydrogens (tertiary/aromatic N) is 1. The quantitative estimate of drug-likeness (QED) is 0.854. The standard InChI is InChI=1S/C17H23N3O/c1-2-12-20(13-6-11-18)17(21)19-16-10-5-8-14-7-3-4-9-15(14)16/h3-5,7-10H,2,6,11-13,18H2,1H3,(H,19,21). The van der Waals surface area contributed by atoms with Gasteiger partial charge < -0.3 is 16.0 Å². The summed E-state index contributed by atoms with van der Waals surface area (Å²) in [5, 5.41) is 5.21. The van der Waals surface area contributed by atoms with Crippen molar-refractivity contribution >= 4 is 22.5 Å². The molecule has 4 nitrogen and oxygen atoms in total. The van der Waals surface area contributed by atoms with Crippen LogP contribution >= 0.6 is 0 Å². The highest BCUT2D eigenvalue weighted by Crippen LogP contribution is 2.23. The van der Waals surface area contributed by atoms with Crippen LogP contribution in [-0.2, 0) is 0 Å². The lowest BCUT2D eigenvalue weighted by Gasteiger charge is -2.22. The van der Waals surface area contributed by atoms with Crippen molar-refractivity contribution in [3.63, 3.8) is 0 Å². The number of anilines is 1. The maximum atomic E-state index is 12.4. The number of nitrogens with two attached hydrogens (primary N) is 1. The normalized spacial score (nSPS) is 10.6. The van der Waals surface area contributed by atoms with Gasteiger partial charge in [-0.1, -0.05) is 43.3 Å². The molecule has 0 fully saturated rings. The molecule has 2 rings (SSSR count). The first-order chi connectivity index (χ1) is 10.3. The Balaban J connectivity index is 2.16. The van der Waals surface area contributed by atoms with Crippen molar-refractivity contribution in [2.24, 2.45) is 5.73 Å². The number of nitrogens with one attached hydrogen (secondary N) is 1. The van der Waals surface area contributed by atoms with E-state index in [4.69, 9.17) is 5.73 Å². The van der Waals surface area contributed by atoms with Crippen molar-refractivity contribution in [1.29, 1.82) is 0 Å². The van der Waals surface area contributed by atoms with Gasteiger partial charge >= 0.3 is 6.03 Å². The first-order valence-corrected chi connectivity index (χ1v) is 7.50. The summed E-state index contributed by atoms with van der Waals surface area (Å²) in [7, 11) is 0. The van der Waals surface area contributed by atoms with E-state index in [9.17, 15) is 4.79 Å². The predicted octanol–water partition coefficient (Wildman–Crippen LogP) is 3.43. The summed E-state index contributed by atoms with van der Waals surface area (Å²) in [5.41, 5.74) is 6.40. The molecule has 2 amide bonds. The molecule has 0 aliphatic carbocycles. The molecule has 4 heteroatoms. The van der Waals surface area contributed by atoms with E-state index in [-0.39, 0.29) is 6.03 Å². The van der Waals surface area contributed by atoms with Crippen LogP contribution in [0.15, 0.2) is 42.5 Å². The number of hydrogen-bond acceptors (Lipinski definition) is 2. The van der Waals surface area contributed by atoms with Crippen LogP contribution in [-0.4, -0.2) is 30.6 Å². The molecule has 112 valence electrons. The summed E-state index contributed by atoms with van der Waals surface area (Å²) in [6, 6.07) is 13.9. The first kappa shape index (κ1) is 15.3. The zero-order chi connectivity index (χ0) is 15.1. The number of carbonyl (C=O) groups is 1. The molecule has 0 spiro atoms. The molecule has 0 bridgehead atoms. The van der Waals surface area contributed by atoms with Gasteiger partial charge in [0.15, 0.2) is 0 Å². The summed E-state index contributed by atoms with van der Waals surface area (Å²) >= 11 is 0. The molecule has 0 aliphatic rings. The molecule has 0 aliphatic heterocycles. The Kier molecular flexibility index (Phi) is 5.58. The number of fused-ring (bicyclic) bond motifs is 1. The molecule has 2 aromatic rings. The van der Waals surface area contributed by atoms with Crippen LogP contribution in [0, 0.1) is 0 Å². The van der Waals surface area contributed by atoms with Gasteiger partial charge in [0.05, 0.1) is 5.69 Å². The third kappa shape index (κ3) is 3.95. The number of urea groups is 1. The lowest BCUT2D eigenvalue weighted by atomic mass is 10.1. The molecular formula is C17H23N3O. The minimum absolute atomic E-state index is 0.0540. The Morgan fingerprint density at radius 3 is 2.67 bits per heavy atom. The van der Waals surface area contributed by atoms with E-state index in [1.165, 1.54) is 0 Å². The van der Waals surface area contributed by atoms with E-state index in [0.717, 1.165) is 35.8 Å². The fourth-order valence-corrected chi connectivity index (χ4v) is 2.40. The van der Waals surface area contributed by atoms with Gasteiger partial charge in [-0.25, -0.2) is 4.79 Å². The van der Waals surface area contributed by atoms with E-state index >= 15 is 0 Å². The average molecular weight is 285 g/mol. The van der Waals surface area contributed by atoms with E-state index < -0.39 is 0 Å². The van der Waals surface area contributed by atoms with E-state index in [1.807, 2.05) is 47.4 Å². The number of carbonyl (C=O) groups excluding carboxylic acids is 1. The molecule has 0 aromatic heterocycles. The van der Waals surface area contributed by atoms with Gasteiger partial charge in [-0.15, -0.1) is 0 Å². The second-order valence-electron chi connectivity index (χ2n) is 5.09. The molecule has 2 aromatic carbocycles. The highest BCUT2D eigenvalue weighted by atomic mass is 16.2. The van der Waals surface area contributed by atoms with Crippen molar-refractivity contribution in [3.05, 3.63) is 42.5 Å². The van der Waals surface area contributed by atoms with Gasteiger partial charge in [0.2, 0.25) is 0 Å². The molecular weight excluding hydrogens is 262 g/mol. The Hall–Kier alpha value is -2.07. The molecule has 21 heavy (non-hydrogen) atoms. The third-order valence-corrected chi connectivity index (χ3v) is 3.44. The maximum absolute atomic E-state index is 12.4. The number of benzene rings is 2. The van der Waals surface area contributed by atoms with Gasteiger partial charge in [-0.05, 0) is 30.8 Å². The van der Waals surface area contributed by atoms with Gasteiger partial charge in [0, 0.05) is 18.5 Å². The molecule has 0 heterocycles. The zero-order valence-electron chi connectivity index (χ0n) is 12.5. The van der Waals surface area contributed by atoms with Crippen LogP contribution in [0.5, 0.6) is 0 Å². The van der Waals surface area contributed by atoms with E-state index in [2.05, 4.69) is 12.2 Å². The van der Waals surface area contributed by atoms with Crippen LogP contribution in [0.25, 0.3) is 10.8 Å². The Morgan fingerprint density at radius 1 is 1.14 bits per heavy atom.